The molecule has 0 aliphatic rings. The van der Waals surface area contributed by atoms with Gasteiger partial charge in [-0.15, -0.1) is 11.3 Å². The minimum atomic E-state index is -0.137. The van der Waals surface area contributed by atoms with Gasteiger partial charge in [0.1, 0.15) is 0 Å². The van der Waals surface area contributed by atoms with Gasteiger partial charge in [-0.05, 0) is 34.1 Å². The van der Waals surface area contributed by atoms with Gasteiger partial charge in [-0.3, -0.25) is 9.78 Å². The largest absolute Gasteiger partial charge is 0.347 e. The molecule has 1 aromatic heterocycles. The van der Waals surface area contributed by atoms with E-state index < -0.39 is 0 Å². The molecule has 2 rings (SSSR count). The van der Waals surface area contributed by atoms with E-state index in [9.17, 15) is 4.79 Å². The number of amides is 1. The lowest BCUT2D eigenvalue weighted by atomic mass is 10.2. The number of thiazole rings is 1. The molecule has 0 unspecified atom stereocenters. The van der Waals surface area contributed by atoms with Gasteiger partial charge >= 0.3 is 0 Å². The van der Waals surface area contributed by atoms with E-state index in [1.807, 2.05) is 0 Å². The molecular weight excluding hydrogens is 324 g/mol. The smallest absolute Gasteiger partial charge is 0.252 e. The van der Waals surface area contributed by atoms with Crippen LogP contribution in [-0.4, -0.2) is 10.9 Å². The molecule has 88 valence electrons. The third kappa shape index (κ3) is 3.28. The lowest BCUT2D eigenvalue weighted by Crippen LogP contribution is -2.22. The Morgan fingerprint density at radius 2 is 2.35 bits per heavy atom. The van der Waals surface area contributed by atoms with E-state index in [0.29, 0.717) is 21.6 Å². The molecule has 3 nitrogen and oxygen atoms in total. The van der Waals surface area contributed by atoms with Crippen LogP contribution >= 0.6 is 38.9 Å². The molecule has 0 saturated carbocycles. The lowest BCUT2D eigenvalue weighted by Gasteiger charge is -2.05. The van der Waals surface area contributed by atoms with E-state index in [4.69, 9.17) is 11.6 Å². The van der Waals surface area contributed by atoms with Crippen molar-refractivity contribution in [1.29, 1.82) is 0 Å². The van der Waals surface area contributed by atoms with Gasteiger partial charge in [0.15, 0.2) is 0 Å². The van der Waals surface area contributed by atoms with Crippen LogP contribution in [0.25, 0.3) is 0 Å². The topological polar surface area (TPSA) is 42.0 Å². The quantitative estimate of drug-likeness (QED) is 0.935. The second-order valence-corrected chi connectivity index (χ2v) is 5.54. The van der Waals surface area contributed by atoms with Gasteiger partial charge in [-0.2, -0.15) is 0 Å². The predicted octanol–water partition coefficient (Wildman–Crippen LogP) is 3.49. The first-order valence-corrected chi connectivity index (χ1v) is 6.82. The fraction of sp³-hybridized carbons (Fsp3) is 0.0909. The van der Waals surface area contributed by atoms with Crippen molar-refractivity contribution in [3.8, 4) is 0 Å². The fourth-order valence-electron chi connectivity index (χ4n) is 1.27. The lowest BCUT2D eigenvalue weighted by molar-refractivity contribution is 0.0950. The van der Waals surface area contributed by atoms with Crippen LogP contribution in [0, 0.1) is 0 Å². The van der Waals surface area contributed by atoms with Crippen LogP contribution in [0.15, 0.2) is 34.4 Å². The van der Waals surface area contributed by atoms with E-state index in [1.54, 1.807) is 29.9 Å². The molecule has 1 heterocycles. The second-order valence-electron chi connectivity index (χ2n) is 3.27. The highest BCUT2D eigenvalue weighted by molar-refractivity contribution is 9.10. The minimum absolute atomic E-state index is 0.137. The molecule has 0 saturated heterocycles. The van der Waals surface area contributed by atoms with Crippen molar-refractivity contribution >= 4 is 44.8 Å². The van der Waals surface area contributed by atoms with Gasteiger partial charge < -0.3 is 5.32 Å². The zero-order chi connectivity index (χ0) is 12.3. The molecule has 1 aromatic carbocycles. The molecule has 0 bridgehead atoms. The SMILES string of the molecule is O=C(NCc1cncs1)c1ccc(Cl)cc1Br. The Kier molecular flexibility index (Phi) is 4.15. The normalized spacial score (nSPS) is 10.2. The highest BCUT2D eigenvalue weighted by Crippen LogP contribution is 2.21. The maximum absolute atomic E-state index is 11.9. The predicted molar refractivity (Wildman–Crippen MR) is 72.4 cm³/mol. The monoisotopic (exact) mass is 330 g/mol. The van der Waals surface area contributed by atoms with Crippen molar-refractivity contribution in [2.75, 3.05) is 0 Å². The number of carbonyl (C=O) groups is 1. The third-order valence-corrected chi connectivity index (χ3v) is 3.75. The summed E-state index contributed by atoms with van der Waals surface area (Å²) in [6, 6.07) is 5.07. The summed E-state index contributed by atoms with van der Waals surface area (Å²) in [5, 5.41) is 3.41. The van der Waals surface area contributed by atoms with E-state index in [0.717, 1.165) is 4.88 Å². The first kappa shape index (κ1) is 12.5. The number of nitrogens with one attached hydrogen (secondary N) is 1. The average Bonchev–Trinajstić information content (AvgIpc) is 2.78. The number of aromatic nitrogens is 1. The number of hydrogen-bond acceptors (Lipinski definition) is 3. The summed E-state index contributed by atoms with van der Waals surface area (Å²) in [4.78, 5) is 16.8. The number of nitrogens with zero attached hydrogens (tertiary/aromatic N) is 1. The molecule has 1 N–H and O–H groups in total. The minimum Gasteiger partial charge on any atom is -0.347 e. The summed E-state index contributed by atoms with van der Waals surface area (Å²) in [6.07, 6.45) is 1.74. The van der Waals surface area contributed by atoms with Gasteiger partial charge in [-0.25, -0.2) is 0 Å². The van der Waals surface area contributed by atoms with Crippen LogP contribution in [0.5, 0.6) is 0 Å². The number of rotatable bonds is 3. The summed E-state index contributed by atoms with van der Waals surface area (Å²) in [6.45, 7) is 0.485. The first-order valence-electron chi connectivity index (χ1n) is 4.77. The molecule has 0 aliphatic heterocycles. The van der Waals surface area contributed by atoms with Crippen LogP contribution in [0.3, 0.4) is 0 Å². The second kappa shape index (κ2) is 5.62. The van der Waals surface area contributed by atoms with Crippen molar-refractivity contribution in [1.82, 2.24) is 10.3 Å². The summed E-state index contributed by atoms with van der Waals surface area (Å²) >= 11 is 10.6. The third-order valence-electron chi connectivity index (χ3n) is 2.08. The van der Waals surface area contributed by atoms with Gasteiger partial charge in [0.25, 0.3) is 5.91 Å². The van der Waals surface area contributed by atoms with Crippen LogP contribution in [-0.2, 0) is 6.54 Å². The molecular formula is C11H8BrClN2OS. The molecule has 1 amide bonds. The van der Waals surface area contributed by atoms with E-state index in [1.165, 1.54) is 11.3 Å². The molecule has 0 atom stereocenters. The fourth-order valence-corrected chi connectivity index (χ4v) is 2.66. The van der Waals surface area contributed by atoms with Gasteiger partial charge in [0.2, 0.25) is 0 Å². The Balaban J connectivity index is 2.04. The van der Waals surface area contributed by atoms with Gasteiger partial charge in [0, 0.05) is 20.6 Å². The summed E-state index contributed by atoms with van der Waals surface area (Å²) in [7, 11) is 0. The highest BCUT2D eigenvalue weighted by Gasteiger charge is 2.10. The van der Waals surface area contributed by atoms with Crippen LogP contribution in [0.4, 0.5) is 0 Å². The van der Waals surface area contributed by atoms with Gasteiger partial charge in [-0.1, -0.05) is 11.6 Å². The summed E-state index contributed by atoms with van der Waals surface area (Å²) < 4.78 is 0.687. The van der Waals surface area contributed by atoms with E-state index in [2.05, 4.69) is 26.2 Å². The van der Waals surface area contributed by atoms with Crippen LogP contribution < -0.4 is 5.32 Å². The highest BCUT2D eigenvalue weighted by atomic mass is 79.9. The maximum atomic E-state index is 11.9. The molecule has 0 aliphatic carbocycles. The summed E-state index contributed by atoms with van der Waals surface area (Å²) in [5.74, 6) is -0.137. The van der Waals surface area contributed by atoms with Crippen molar-refractivity contribution in [2.45, 2.75) is 6.54 Å². The zero-order valence-corrected chi connectivity index (χ0v) is 11.8. The van der Waals surface area contributed by atoms with Crippen molar-refractivity contribution in [3.63, 3.8) is 0 Å². The zero-order valence-electron chi connectivity index (χ0n) is 8.61. The number of halogens is 2. The molecule has 0 fully saturated rings. The summed E-state index contributed by atoms with van der Waals surface area (Å²) in [5.41, 5.74) is 2.30. The van der Waals surface area contributed by atoms with Crippen molar-refractivity contribution in [2.24, 2.45) is 0 Å². The molecule has 6 heteroatoms. The first-order chi connectivity index (χ1) is 8.16. The van der Waals surface area contributed by atoms with Crippen molar-refractivity contribution in [3.05, 3.63) is 49.8 Å². The maximum Gasteiger partial charge on any atom is 0.252 e. The average molecular weight is 332 g/mol. The Morgan fingerprint density at radius 3 is 3.00 bits per heavy atom. The van der Waals surface area contributed by atoms with Crippen molar-refractivity contribution < 1.29 is 4.79 Å². The number of hydrogen-bond donors (Lipinski definition) is 1. The molecule has 0 radical (unpaired) electrons. The Labute approximate surface area is 116 Å². The Morgan fingerprint density at radius 1 is 1.53 bits per heavy atom. The molecule has 17 heavy (non-hydrogen) atoms. The Bertz CT molecular complexity index is 530. The van der Waals surface area contributed by atoms with E-state index >= 15 is 0 Å². The molecule has 2 aromatic rings. The van der Waals surface area contributed by atoms with E-state index in [-0.39, 0.29) is 5.91 Å². The van der Waals surface area contributed by atoms with Crippen LogP contribution in [0.1, 0.15) is 15.2 Å². The van der Waals surface area contributed by atoms with Crippen LogP contribution in [0.2, 0.25) is 5.02 Å². The molecule has 0 spiro atoms. The standard InChI is InChI=1S/C11H8BrClN2OS/c12-10-3-7(13)1-2-9(10)11(16)15-5-8-4-14-6-17-8/h1-4,6H,5H2,(H,15,16). The number of benzene rings is 1. The number of carbonyl (C=O) groups excluding carboxylic acids is 1. The Hall–Kier alpha value is -0.910. The van der Waals surface area contributed by atoms with Gasteiger partial charge in [0.05, 0.1) is 17.6 Å².